The predicted octanol–water partition coefficient (Wildman–Crippen LogP) is 4.34. The molecule has 0 amide bonds. The molecule has 0 aliphatic carbocycles. The van der Waals surface area contributed by atoms with Crippen molar-refractivity contribution in [3.63, 3.8) is 0 Å². The second-order valence-corrected chi connectivity index (χ2v) is 9.09. The van der Waals surface area contributed by atoms with Crippen molar-refractivity contribution in [2.24, 2.45) is 0 Å². The highest BCUT2D eigenvalue weighted by Crippen LogP contribution is 2.29. The lowest BCUT2D eigenvalue weighted by Crippen LogP contribution is -2.20. The summed E-state index contributed by atoms with van der Waals surface area (Å²) < 4.78 is 33.3. The van der Waals surface area contributed by atoms with Gasteiger partial charge in [0.25, 0.3) is 10.0 Å². The molecule has 3 aromatic rings. The van der Waals surface area contributed by atoms with E-state index in [4.69, 9.17) is 4.42 Å². The first-order valence-electron chi connectivity index (χ1n) is 9.89. The summed E-state index contributed by atoms with van der Waals surface area (Å²) in [6.07, 6.45) is 5.27. The Morgan fingerprint density at radius 2 is 1.90 bits per heavy atom. The molecule has 0 bridgehead atoms. The number of aromatic nitrogens is 1. The summed E-state index contributed by atoms with van der Waals surface area (Å²) in [5.41, 5.74) is 2.61. The van der Waals surface area contributed by atoms with E-state index < -0.39 is 10.0 Å². The van der Waals surface area contributed by atoms with Gasteiger partial charge in [0, 0.05) is 17.8 Å². The van der Waals surface area contributed by atoms with Crippen LogP contribution >= 0.6 is 0 Å². The lowest BCUT2D eigenvalue weighted by molar-refractivity contribution is 0.335. The van der Waals surface area contributed by atoms with Crippen molar-refractivity contribution < 1.29 is 12.8 Å². The molecule has 0 unspecified atom stereocenters. The lowest BCUT2D eigenvalue weighted by atomic mass is 9.98. The Morgan fingerprint density at radius 1 is 1.14 bits per heavy atom. The molecule has 1 fully saturated rings. The van der Waals surface area contributed by atoms with Gasteiger partial charge >= 0.3 is 0 Å². The van der Waals surface area contributed by atoms with Crippen LogP contribution in [0.1, 0.15) is 31.2 Å². The van der Waals surface area contributed by atoms with Gasteiger partial charge in [0.05, 0.1) is 11.1 Å². The normalized spacial score (nSPS) is 17.5. The number of rotatable bonds is 7. The molecule has 7 heteroatoms. The molecule has 1 N–H and O–H groups in total. The van der Waals surface area contributed by atoms with E-state index in [1.54, 1.807) is 30.5 Å². The second kappa shape index (κ2) is 8.39. The van der Waals surface area contributed by atoms with Crippen LogP contribution in [0.15, 0.2) is 70.4 Å². The van der Waals surface area contributed by atoms with Crippen molar-refractivity contribution in [1.29, 1.82) is 0 Å². The van der Waals surface area contributed by atoms with Gasteiger partial charge < -0.3 is 9.32 Å². The molecule has 4 rings (SSSR count). The van der Waals surface area contributed by atoms with Crippen molar-refractivity contribution in [3.8, 4) is 11.3 Å². The summed E-state index contributed by atoms with van der Waals surface area (Å²) in [4.78, 5) is 6.57. The molecular formula is C22H25N3O3S. The molecule has 29 heavy (non-hydrogen) atoms. The Morgan fingerprint density at radius 3 is 2.55 bits per heavy atom. The Balaban J connectivity index is 1.43. The number of hydrogen-bond acceptors (Lipinski definition) is 5. The predicted molar refractivity (Wildman–Crippen MR) is 113 cm³/mol. The summed E-state index contributed by atoms with van der Waals surface area (Å²) in [6.45, 7) is 5.56. The topological polar surface area (TPSA) is 75.4 Å². The average Bonchev–Trinajstić information content (AvgIpc) is 3.41. The van der Waals surface area contributed by atoms with E-state index in [-0.39, 0.29) is 4.90 Å². The number of hydrogen-bond donors (Lipinski definition) is 1. The van der Waals surface area contributed by atoms with Gasteiger partial charge in [-0.25, -0.2) is 13.4 Å². The van der Waals surface area contributed by atoms with Gasteiger partial charge in [0.2, 0.25) is 0 Å². The van der Waals surface area contributed by atoms with Gasteiger partial charge in [-0.2, -0.15) is 0 Å². The minimum Gasteiger partial charge on any atom is -0.444 e. The Kier molecular flexibility index (Phi) is 5.69. The van der Waals surface area contributed by atoms with Crippen LogP contribution in [0.4, 0.5) is 5.69 Å². The van der Waals surface area contributed by atoms with E-state index in [1.165, 1.54) is 18.4 Å². The number of oxazole rings is 1. The number of nitrogens with one attached hydrogen (secondary N) is 1. The third kappa shape index (κ3) is 4.52. The van der Waals surface area contributed by atoms with Crippen LogP contribution in [0.25, 0.3) is 11.3 Å². The number of anilines is 1. The van der Waals surface area contributed by atoms with Crippen LogP contribution in [0.5, 0.6) is 0 Å². The fraction of sp³-hybridized carbons (Fsp3) is 0.318. The van der Waals surface area contributed by atoms with Crippen LogP contribution in [0.3, 0.4) is 0 Å². The smallest absolute Gasteiger partial charge is 0.261 e. The summed E-state index contributed by atoms with van der Waals surface area (Å²) in [5.74, 6) is 1.12. The van der Waals surface area contributed by atoms with Gasteiger partial charge in [-0.3, -0.25) is 4.72 Å². The third-order valence-electron chi connectivity index (χ3n) is 5.33. The number of likely N-dealkylation sites (tertiary alicyclic amines) is 1. The number of nitrogens with zero attached hydrogens (tertiary/aromatic N) is 2. The van der Waals surface area contributed by atoms with Gasteiger partial charge in [0.15, 0.2) is 12.2 Å². The van der Waals surface area contributed by atoms with Gasteiger partial charge in [-0.1, -0.05) is 19.1 Å². The van der Waals surface area contributed by atoms with Crippen LogP contribution in [0.2, 0.25) is 0 Å². The van der Waals surface area contributed by atoms with E-state index in [0.29, 0.717) is 17.4 Å². The maximum atomic E-state index is 12.7. The molecule has 1 aliphatic heterocycles. The minimum absolute atomic E-state index is 0.204. The van der Waals surface area contributed by atoms with Gasteiger partial charge in [-0.05, 0) is 73.8 Å². The van der Waals surface area contributed by atoms with Crippen LogP contribution in [-0.4, -0.2) is 37.9 Å². The van der Waals surface area contributed by atoms with Crippen molar-refractivity contribution in [2.75, 3.05) is 24.4 Å². The first kappa shape index (κ1) is 19.7. The highest BCUT2D eigenvalue weighted by molar-refractivity contribution is 7.92. The standard InChI is InChI=1S/C22H25N3O3S/c1-2-12-25-13-11-19(15-25)17-3-7-20(8-4-17)24-29(26,27)21-9-5-18(6-10-21)22-14-23-16-28-22/h3-10,14,16,19,24H,2,11-13,15H2,1H3/t19-/m1/s1. The molecule has 1 saturated heterocycles. The minimum atomic E-state index is -3.65. The molecule has 152 valence electrons. The van der Waals surface area contributed by atoms with Crippen LogP contribution in [0, 0.1) is 0 Å². The lowest BCUT2D eigenvalue weighted by Gasteiger charge is -2.15. The zero-order chi connectivity index (χ0) is 20.3. The van der Waals surface area contributed by atoms with Gasteiger partial charge in [-0.15, -0.1) is 0 Å². The Bertz CT molecular complexity index is 1030. The summed E-state index contributed by atoms with van der Waals surface area (Å²) in [7, 11) is -3.65. The average molecular weight is 412 g/mol. The molecule has 0 spiro atoms. The largest absolute Gasteiger partial charge is 0.444 e. The molecular weight excluding hydrogens is 386 g/mol. The van der Waals surface area contributed by atoms with Crippen molar-refractivity contribution in [1.82, 2.24) is 9.88 Å². The SMILES string of the molecule is CCCN1CC[C@@H](c2ccc(NS(=O)(=O)c3ccc(-c4cnco4)cc3)cc2)C1. The highest BCUT2D eigenvalue weighted by atomic mass is 32.2. The molecule has 2 aromatic carbocycles. The number of sulfonamides is 1. The molecule has 1 atom stereocenters. The van der Waals surface area contributed by atoms with E-state index in [0.717, 1.165) is 31.6 Å². The molecule has 0 saturated carbocycles. The van der Waals surface area contributed by atoms with Crippen molar-refractivity contribution in [2.45, 2.75) is 30.6 Å². The van der Waals surface area contributed by atoms with E-state index in [1.807, 2.05) is 24.3 Å². The fourth-order valence-corrected chi connectivity index (χ4v) is 4.88. The molecule has 1 aliphatic rings. The van der Waals surface area contributed by atoms with E-state index in [2.05, 4.69) is 21.5 Å². The monoisotopic (exact) mass is 411 g/mol. The third-order valence-corrected chi connectivity index (χ3v) is 6.73. The quantitative estimate of drug-likeness (QED) is 0.626. The van der Waals surface area contributed by atoms with Crippen molar-refractivity contribution >= 4 is 15.7 Å². The van der Waals surface area contributed by atoms with E-state index in [9.17, 15) is 8.42 Å². The van der Waals surface area contributed by atoms with Crippen molar-refractivity contribution in [3.05, 3.63) is 66.7 Å². The fourth-order valence-electron chi connectivity index (χ4n) is 3.82. The first-order valence-corrected chi connectivity index (χ1v) is 11.4. The highest BCUT2D eigenvalue weighted by Gasteiger charge is 2.23. The summed E-state index contributed by atoms with van der Waals surface area (Å²) in [6, 6.07) is 14.3. The molecule has 2 heterocycles. The second-order valence-electron chi connectivity index (χ2n) is 7.40. The maximum absolute atomic E-state index is 12.7. The molecule has 6 nitrogen and oxygen atoms in total. The molecule has 0 radical (unpaired) electrons. The van der Waals surface area contributed by atoms with Gasteiger partial charge in [0.1, 0.15) is 0 Å². The maximum Gasteiger partial charge on any atom is 0.261 e. The molecule has 1 aromatic heterocycles. The van der Waals surface area contributed by atoms with Crippen LogP contribution in [-0.2, 0) is 10.0 Å². The Hall–Kier alpha value is -2.64. The summed E-state index contributed by atoms with van der Waals surface area (Å²) >= 11 is 0. The Labute approximate surface area is 171 Å². The summed E-state index contributed by atoms with van der Waals surface area (Å²) in [5, 5.41) is 0. The van der Waals surface area contributed by atoms with Crippen LogP contribution < -0.4 is 4.72 Å². The zero-order valence-corrected chi connectivity index (χ0v) is 17.2. The van der Waals surface area contributed by atoms with E-state index >= 15 is 0 Å². The zero-order valence-electron chi connectivity index (χ0n) is 16.4. The number of benzene rings is 2. The first-order chi connectivity index (χ1) is 14.0.